The first kappa shape index (κ1) is 20.1. The Hall–Kier alpha value is -3.18. The van der Waals surface area contributed by atoms with Gasteiger partial charge in [-0.25, -0.2) is 13.0 Å². The Morgan fingerprint density at radius 1 is 1.00 bits per heavy atom. The molecule has 3 aromatic rings. The van der Waals surface area contributed by atoms with Crippen molar-refractivity contribution >= 4 is 27.0 Å². The molecule has 0 N–H and O–H groups in total. The molecule has 30 heavy (non-hydrogen) atoms. The van der Waals surface area contributed by atoms with Crippen LogP contribution in [0.25, 0.3) is 11.0 Å². The molecule has 1 aromatic heterocycles. The maximum atomic E-state index is 13.1. The molecule has 11 heteroatoms. The van der Waals surface area contributed by atoms with Gasteiger partial charge in [-0.2, -0.15) is 4.31 Å². The maximum absolute atomic E-state index is 13.1. The van der Waals surface area contributed by atoms with Crippen LogP contribution >= 0.6 is 0 Å². The van der Waals surface area contributed by atoms with Crippen molar-refractivity contribution in [2.75, 3.05) is 40.4 Å². The van der Waals surface area contributed by atoms with Crippen molar-refractivity contribution in [3.05, 3.63) is 42.0 Å². The standard InChI is InChI=1S/C19H20N4O6S/c1-27-14-10-13(11-15(12-14)28-2)19(24)22-6-8-23(9-7-22)30(25,26)17-5-3-4-16-18(17)21-29-20-16/h3-5,10-12H,6-9H2,1-2H3. The zero-order valence-corrected chi connectivity index (χ0v) is 17.3. The van der Waals surface area contributed by atoms with Gasteiger partial charge in [-0.3, -0.25) is 4.79 Å². The Balaban J connectivity index is 1.51. The molecule has 0 atom stereocenters. The van der Waals surface area contributed by atoms with Crippen molar-refractivity contribution in [1.29, 1.82) is 0 Å². The molecule has 1 saturated heterocycles. The molecular formula is C19H20N4O6S. The average molecular weight is 432 g/mol. The minimum absolute atomic E-state index is 0.0403. The number of fused-ring (bicyclic) bond motifs is 1. The van der Waals surface area contributed by atoms with Crippen LogP contribution < -0.4 is 9.47 Å². The smallest absolute Gasteiger partial charge is 0.254 e. The Morgan fingerprint density at radius 3 is 2.30 bits per heavy atom. The van der Waals surface area contributed by atoms with Gasteiger partial charge in [0.15, 0.2) is 5.52 Å². The molecule has 158 valence electrons. The number of hydrogen-bond acceptors (Lipinski definition) is 8. The number of piperazine rings is 1. The van der Waals surface area contributed by atoms with Crippen LogP contribution in [0.3, 0.4) is 0 Å². The number of ether oxygens (including phenoxy) is 2. The fourth-order valence-corrected chi connectivity index (χ4v) is 4.93. The van der Waals surface area contributed by atoms with Crippen molar-refractivity contribution in [2.45, 2.75) is 4.90 Å². The van der Waals surface area contributed by atoms with Crippen LogP contribution in [-0.2, 0) is 10.0 Å². The monoisotopic (exact) mass is 432 g/mol. The highest BCUT2D eigenvalue weighted by molar-refractivity contribution is 7.89. The number of methoxy groups -OCH3 is 2. The first-order chi connectivity index (χ1) is 14.4. The van der Waals surface area contributed by atoms with Crippen molar-refractivity contribution in [1.82, 2.24) is 19.5 Å². The molecule has 4 rings (SSSR count). The molecule has 0 radical (unpaired) electrons. The van der Waals surface area contributed by atoms with Gasteiger partial charge < -0.3 is 14.4 Å². The number of amides is 1. The van der Waals surface area contributed by atoms with Gasteiger partial charge in [0.2, 0.25) is 10.0 Å². The highest BCUT2D eigenvalue weighted by atomic mass is 32.2. The molecule has 2 heterocycles. The molecule has 1 fully saturated rings. The number of benzene rings is 2. The summed E-state index contributed by atoms with van der Waals surface area (Å²) >= 11 is 0. The van der Waals surface area contributed by atoms with Crippen LogP contribution in [-0.4, -0.2) is 74.2 Å². The summed E-state index contributed by atoms with van der Waals surface area (Å²) in [6.45, 7) is 0.836. The van der Waals surface area contributed by atoms with Gasteiger partial charge in [0, 0.05) is 37.8 Å². The molecule has 0 spiro atoms. The van der Waals surface area contributed by atoms with Crippen LogP contribution in [0, 0.1) is 0 Å². The summed E-state index contributed by atoms with van der Waals surface area (Å²) in [6, 6.07) is 9.64. The summed E-state index contributed by atoms with van der Waals surface area (Å²) in [5, 5.41) is 7.41. The molecule has 0 saturated carbocycles. The summed E-state index contributed by atoms with van der Waals surface area (Å²) in [5.41, 5.74) is 0.984. The van der Waals surface area contributed by atoms with Crippen LogP contribution in [0.5, 0.6) is 11.5 Å². The second kappa shape index (κ2) is 7.92. The highest BCUT2D eigenvalue weighted by Crippen LogP contribution is 2.26. The number of hydrogen-bond donors (Lipinski definition) is 0. The largest absolute Gasteiger partial charge is 0.497 e. The van der Waals surface area contributed by atoms with Gasteiger partial charge in [-0.05, 0) is 34.6 Å². The minimum Gasteiger partial charge on any atom is -0.497 e. The molecule has 2 aromatic carbocycles. The third-order valence-corrected chi connectivity index (χ3v) is 6.92. The molecule has 0 aliphatic carbocycles. The summed E-state index contributed by atoms with van der Waals surface area (Å²) in [7, 11) is -0.778. The molecular weight excluding hydrogens is 412 g/mol. The summed E-state index contributed by atoms with van der Waals surface area (Å²) in [4.78, 5) is 14.6. The lowest BCUT2D eigenvalue weighted by Crippen LogP contribution is -2.50. The third kappa shape index (κ3) is 3.57. The maximum Gasteiger partial charge on any atom is 0.254 e. The SMILES string of the molecule is COc1cc(OC)cc(C(=O)N2CCN(S(=O)(=O)c3cccc4nonc34)CC2)c1. The Bertz CT molecular complexity index is 1160. The summed E-state index contributed by atoms with van der Waals surface area (Å²) < 4.78 is 42.6. The molecule has 0 bridgehead atoms. The van der Waals surface area contributed by atoms with Gasteiger partial charge in [0.05, 0.1) is 14.2 Å². The van der Waals surface area contributed by atoms with E-state index in [9.17, 15) is 13.2 Å². The van der Waals surface area contributed by atoms with Gasteiger partial charge >= 0.3 is 0 Å². The van der Waals surface area contributed by atoms with Crippen LogP contribution in [0.2, 0.25) is 0 Å². The van der Waals surface area contributed by atoms with E-state index < -0.39 is 10.0 Å². The lowest BCUT2D eigenvalue weighted by Gasteiger charge is -2.34. The third-order valence-electron chi connectivity index (χ3n) is 4.99. The first-order valence-electron chi connectivity index (χ1n) is 9.18. The predicted octanol–water partition coefficient (Wildman–Crippen LogP) is 1.39. The molecule has 10 nitrogen and oxygen atoms in total. The second-order valence-electron chi connectivity index (χ2n) is 6.69. The number of rotatable bonds is 5. The van der Waals surface area contributed by atoms with E-state index in [1.54, 1.807) is 35.2 Å². The number of carbonyl (C=O) groups excluding carboxylic acids is 1. The van der Waals surface area contributed by atoms with E-state index in [4.69, 9.17) is 9.47 Å². The number of aromatic nitrogens is 2. The molecule has 0 unspecified atom stereocenters. The first-order valence-corrected chi connectivity index (χ1v) is 10.6. The Kier molecular flexibility index (Phi) is 5.31. The van der Waals surface area contributed by atoms with E-state index in [-0.39, 0.29) is 42.5 Å². The summed E-state index contributed by atoms with van der Waals surface area (Å²) in [6.07, 6.45) is 0. The number of carbonyl (C=O) groups is 1. The average Bonchev–Trinajstić information content (AvgIpc) is 3.27. The van der Waals surface area contributed by atoms with Crippen molar-refractivity contribution in [2.24, 2.45) is 0 Å². The second-order valence-corrected chi connectivity index (χ2v) is 8.59. The number of sulfonamides is 1. The molecule has 1 aliphatic rings. The zero-order valence-electron chi connectivity index (χ0n) is 16.4. The van der Waals surface area contributed by atoms with Crippen molar-refractivity contribution in [3.8, 4) is 11.5 Å². The van der Waals surface area contributed by atoms with Gasteiger partial charge in [0.1, 0.15) is 21.9 Å². The van der Waals surface area contributed by atoms with Gasteiger partial charge in [0.25, 0.3) is 5.91 Å². The van der Waals surface area contributed by atoms with Crippen LogP contribution in [0.15, 0.2) is 45.9 Å². The minimum atomic E-state index is -3.80. The highest BCUT2D eigenvalue weighted by Gasteiger charge is 2.32. The topological polar surface area (TPSA) is 115 Å². The lowest BCUT2D eigenvalue weighted by atomic mass is 10.1. The van der Waals surface area contributed by atoms with Crippen molar-refractivity contribution in [3.63, 3.8) is 0 Å². The normalized spacial score (nSPS) is 15.3. The quantitative estimate of drug-likeness (QED) is 0.594. The van der Waals surface area contributed by atoms with Gasteiger partial charge in [-0.1, -0.05) is 6.07 Å². The fraction of sp³-hybridized carbons (Fsp3) is 0.316. The van der Waals surface area contributed by atoms with E-state index in [2.05, 4.69) is 14.9 Å². The fourth-order valence-electron chi connectivity index (χ4n) is 3.37. The van der Waals surface area contributed by atoms with Gasteiger partial charge in [-0.15, -0.1) is 0 Å². The Labute approximate surface area is 173 Å². The molecule has 1 aliphatic heterocycles. The van der Waals surface area contributed by atoms with Crippen molar-refractivity contribution < 1.29 is 27.3 Å². The lowest BCUT2D eigenvalue weighted by molar-refractivity contribution is 0.0697. The Morgan fingerprint density at radius 2 is 1.67 bits per heavy atom. The van der Waals surface area contributed by atoms with Crippen LogP contribution in [0.1, 0.15) is 10.4 Å². The van der Waals surface area contributed by atoms with E-state index in [1.165, 1.54) is 24.6 Å². The van der Waals surface area contributed by atoms with E-state index in [0.29, 0.717) is 22.6 Å². The number of nitrogens with zero attached hydrogens (tertiary/aromatic N) is 4. The van der Waals surface area contributed by atoms with E-state index >= 15 is 0 Å². The molecule has 1 amide bonds. The zero-order chi connectivity index (χ0) is 21.3. The summed E-state index contributed by atoms with van der Waals surface area (Å²) in [5.74, 6) is 0.800. The van der Waals surface area contributed by atoms with E-state index in [0.717, 1.165) is 0 Å². The van der Waals surface area contributed by atoms with E-state index in [1.807, 2.05) is 0 Å². The van der Waals surface area contributed by atoms with Crippen LogP contribution in [0.4, 0.5) is 0 Å². The predicted molar refractivity (Wildman–Crippen MR) is 106 cm³/mol.